The van der Waals surface area contributed by atoms with Gasteiger partial charge in [-0.2, -0.15) is 0 Å². The molecule has 5 heteroatoms. The highest BCUT2D eigenvalue weighted by Gasteiger charge is 2.39. The van der Waals surface area contributed by atoms with Crippen LogP contribution < -0.4 is 0 Å². The zero-order valence-electron chi connectivity index (χ0n) is 14.8. The van der Waals surface area contributed by atoms with Gasteiger partial charge in [-0.1, -0.05) is 6.07 Å². The van der Waals surface area contributed by atoms with Crippen LogP contribution >= 0.6 is 0 Å². The number of furan rings is 1. The van der Waals surface area contributed by atoms with E-state index in [4.69, 9.17) is 13.9 Å². The van der Waals surface area contributed by atoms with E-state index >= 15 is 0 Å². The van der Waals surface area contributed by atoms with Gasteiger partial charge in [-0.15, -0.1) is 0 Å². The van der Waals surface area contributed by atoms with Crippen LogP contribution in [-0.2, 0) is 22.6 Å². The first-order valence-corrected chi connectivity index (χ1v) is 9.19. The number of pyridine rings is 1. The Hall–Kier alpha value is -1.69. The molecule has 2 aliphatic rings. The second-order valence-electron chi connectivity index (χ2n) is 7.12. The summed E-state index contributed by atoms with van der Waals surface area (Å²) in [6, 6.07) is 8.62. The first-order chi connectivity index (χ1) is 12.3. The van der Waals surface area contributed by atoms with E-state index in [1.165, 1.54) is 12.0 Å². The summed E-state index contributed by atoms with van der Waals surface area (Å²) < 4.78 is 17.4. The highest BCUT2D eigenvalue weighted by molar-refractivity contribution is 5.09. The van der Waals surface area contributed by atoms with E-state index in [0.29, 0.717) is 25.4 Å². The Bertz CT molecular complexity index is 673. The van der Waals surface area contributed by atoms with Crippen molar-refractivity contribution in [1.82, 2.24) is 9.88 Å². The van der Waals surface area contributed by atoms with Gasteiger partial charge in [0.25, 0.3) is 0 Å². The number of hydrogen-bond donors (Lipinski definition) is 0. The van der Waals surface area contributed by atoms with Crippen LogP contribution in [0.5, 0.6) is 0 Å². The average Bonchev–Trinajstić information content (AvgIpc) is 3.26. The van der Waals surface area contributed by atoms with Crippen molar-refractivity contribution in [1.29, 1.82) is 0 Å². The van der Waals surface area contributed by atoms with Gasteiger partial charge in [0.05, 0.1) is 43.6 Å². The van der Waals surface area contributed by atoms with Gasteiger partial charge in [0.2, 0.25) is 0 Å². The lowest BCUT2D eigenvalue weighted by Crippen LogP contribution is -2.43. The maximum Gasteiger partial charge on any atom is 0.0947 e. The van der Waals surface area contributed by atoms with Gasteiger partial charge in [0.15, 0.2) is 0 Å². The van der Waals surface area contributed by atoms with Crippen LogP contribution in [0.1, 0.15) is 36.2 Å². The van der Waals surface area contributed by atoms with Gasteiger partial charge in [0.1, 0.15) is 0 Å². The summed E-state index contributed by atoms with van der Waals surface area (Å²) in [5.41, 5.74) is 3.26. The molecule has 0 aromatic carbocycles. The molecule has 0 saturated carbocycles. The smallest absolute Gasteiger partial charge is 0.0947 e. The molecule has 134 valence electrons. The van der Waals surface area contributed by atoms with E-state index in [1.54, 1.807) is 6.26 Å². The molecule has 2 fully saturated rings. The van der Waals surface area contributed by atoms with E-state index in [9.17, 15) is 0 Å². The second-order valence-corrected chi connectivity index (χ2v) is 7.12. The standard InChI is InChI=1S/C20H26N2O3/c1-15-3-2-4-17(21-15)13-24-14-18-5-6-19-20(25-18)7-9-22(19)11-16-8-10-23-12-16/h2-4,8,10,12,18-20H,5-7,9,11,13-14H2,1H3/t18-,19+,20+/m0/s1. The lowest BCUT2D eigenvalue weighted by atomic mass is 9.99. The van der Waals surface area contributed by atoms with E-state index in [1.807, 2.05) is 37.5 Å². The number of rotatable bonds is 6. The van der Waals surface area contributed by atoms with Crippen LogP contribution in [-0.4, -0.2) is 41.3 Å². The molecule has 0 spiro atoms. The molecule has 0 radical (unpaired) electrons. The lowest BCUT2D eigenvalue weighted by molar-refractivity contribution is -0.102. The van der Waals surface area contributed by atoms with Crippen LogP contribution in [0.15, 0.2) is 41.2 Å². The molecule has 0 amide bonds. The lowest BCUT2D eigenvalue weighted by Gasteiger charge is -2.35. The number of aromatic nitrogens is 1. The molecule has 5 nitrogen and oxygen atoms in total. The molecule has 25 heavy (non-hydrogen) atoms. The summed E-state index contributed by atoms with van der Waals surface area (Å²) in [5, 5.41) is 0. The van der Waals surface area contributed by atoms with Crippen molar-refractivity contribution < 1.29 is 13.9 Å². The minimum absolute atomic E-state index is 0.208. The number of likely N-dealkylation sites (tertiary alicyclic amines) is 1. The van der Waals surface area contributed by atoms with E-state index in [2.05, 4.69) is 9.88 Å². The first-order valence-electron chi connectivity index (χ1n) is 9.19. The fourth-order valence-corrected chi connectivity index (χ4v) is 4.00. The Morgan fingerprint density at radius 1 is 1.24 bits per heavy atom. The van der Waals surface area contributed by atoms with E-state index in [0.717, 1.165) is 37.3 Å². The number of hydrogen-bond acceptors (Lipinski definition) is 5. The SMILES string of the molecule is Cc1cccc(COC[C@@H]2CC[C@@H]3[C@@H](CCN3Cc3ccoc3)O2)n1. The minimum Gasteiger partial charge on any atom is -0.472 e. The highest BCUT2D eigenvalue weighted by atomic mass is 16.5. The minimum atomic E-state index is 0.208. The zero-order valence-corrected chi connectivity index (χ0v) is 14.8. The fourth-order valence-electron chi connectivity index (χ4n) is 4.00. The number of ether oxygens (including phenoxy) is 2. The molecule has 4 heterocycles. The van der Waals surface area contributed by atoms with Crippen molar-refractivity contribution in [3.8, 4) is 0 Å². The molecule has 2 saturated heterocycles. The third-order valence-corrected chi connectivity index (χ3v) is 5.22. The summed E-state index contributed by atoms with van der Waals surface area (Å²) in [6.07, 6.45) is 7.48. The van der Waals surface area contributed by atoms with Gasteiger partial charge in [-0.05, 0) is 44.4 Å². The largest absolute Gasteiger partial charge is 0.472 e. The van der Waals surface area contributed by atoms with E-state index in [-0.39, 0.29) is 6.10 Å². The van der Waals surface area contributed by atoms with Crippen LogP contribution in [0.3, 0.4) is 0 Å². The van der Waals surface area contributed by atoms with Crippen molar-refractivity contribution in [2.45, 2.75) is 57.6 Å². The molecule has 0 unspecified atom stereocenters. The van der Waals surface area contributed by atoms with Gasteiger partial charge < -0.3 is 13.9 Å². The Labute approximate surface area is 148 Å². The van der Waals surface area contributed by atoms with Crippen molar-refractivity contribution in [2.75, 3.05) is 13.2 Å². The molecule has 2 aliphatic heterocycles. The summed E-state index contributed by atoms with van der Waals surface area (Å²) >= 11 is 0. The van der Waals surface area contributed by atoms with Gasteiger partial charge in [-0.25, -0.2) is 0 Å². The van der Waals surface area contributed by atoms with Crippen molar-refractivity contribution >= 4 is 0 Å². The number of nitrogens with zero attached hydrogens (tertiary/aromatic N) is 2. The topological polar surface area (TPSA) is 47.7 Å². The molecular formula is C20H26N2O3. The quantitative estimate of drug-likeness (QED) is 0.806. The van der Waals surface area contributed by atoms with Gasteiger partial charge in [-0.3, -0.25) is 9.88 Å². The van der Waals surface area contributed by atoms with Gasteiger partial charge in [0, 0.05) is 30.4 Å². The van der Waals surface area contributed by atoms with Crippen LogP contribution in [0.2, 0.25) is 0 Å². The fraction of sp³-hybridized carbons (Fsp3) is 0.550. The van der Waals surface area contributed by atoms with Crippen molar-refractivity contribution in [3.63, 3.8) is 0 Å². The molecule has 2 aromatic heterocycles. The van der Waals surface area contributed by atoms with Gasteiger partial charge >= 0.3 is 0 Å². The predicted molar refractivity (Wildman–Crippen MR) is 94.0 cm³/mol. The zero-order chi connectivity index (χ0) is 17.1. The summed E-state index contributed by atoms with van der Waals surface area (Å²) in [5.74, 6) is 0. The summed E-state index contributed by atoms with van der Waals surface area (Å²) in [4.78, 5) is 7.01. The highest BCUT2D eigenvalue weighted by Crippen LogP contribution is 2.32. The molecule has 4 rings (SSSR count). The molecule has 0 aliphatic carbocycles. The Morgan fingerprint density at radius 3 is 3.04 bits per heavy atom. The van der Waals surface area contributed by atoms with Crippen LogP contribution in [0, 0.1) is 6.92 Å². The maximum atomic E-state index is 6.31. The first kappa shape index (κ1) is 16.8. The third-order valence-electron chi connectivity index (χ3n) is 5.22. The summed E-state index contributed by atoms with van der Waals surface area (Å²) in [6.45, 7) is 5.27. The second kappa shape index (κ2) is 7.68. The molecular weight excluding hydrogens is 316 g/mol. The predicted octanol–water partition coefficient (Wildman–Crippen LogP) is 3.32. The summed E-state index contributed by atoms with van der Waals surface area (Å²) in [7, 11) is 0. The molecule has 3 atom stereocenters. The number of fused-ring (bicyclic) bond motifs is 1. The van der Waals surface area contributed by atoms with E-state index < -0.39 is 0 Å². The average molecular weight is 342 g/mol. The third kappa shape index (κ3) is 4.11. The Morgan fingerprint density at radius 2 is 2.20 bits per heavy atom. The Balaban J connectivity index is 1.23. The van der Waals surface area contributed by atoms with Crippen LogP contribution in [0.4, 0.5) is 0 Å². The number of aryl methyl sites for hydroxylation is 1. The molecule has 0 N–H and O–H groups in total. The molecule has 2 aromatic rings. The Kier molecular flexibility index (Phi) is 5.15. The monoisotopic (exact) mass is 342 g/mol. The normalized spacial score (nSPS) is 26.7. The van der Waals surface area contributed by atoms with Crippen molar-refractivity contribution in [3.05, 3.63) is 53.7 Å². The molecule has 0 bridgehead atoms. The van der Waals surface area contributed by atoms with Crippen LogP contribution in [0.25, 0.3) is 0 Å². The maximum absolute atomic E-state index is 6.31. The van der Waals surface area contributed by atoms with Crippen molar-refractivity contribution in [2.24, 2.45) is 0 Å².